The van der Waals surface area contributed by atoms with Gasteiger partial charge in [-0.25, -0.2) is 14.4 Å². The van der Waals surface area contributed by atoms with E-state index in [1.807, 2.05) is 0 Å². The molecule has 2 saturated heterocycles. The maximum atomic E-state index is 16.0. The summed E-state index contributed by atoms with van der Waals surface area (Å²) in [5, 5.41) is 9.73. The van der Waals surface area contributed by atoms with E-state index in [0.717, 1.165) is 12.8 Å². The number of aryl methyl sites for hydroxylation is 1. The predicted octanol–water partition coefficient (Wildman–Crippen LogP) is 0.571. The van der Waals surface area contributed by atoms with Gasteiger partial charge < -0.3 is 24.3 Å². The lowest BCUT2D eigenvalue weighted by atomic mass is 9.96. The zero-order valence-electron chi connectivity index (χ0n) is 15.3. The minimum atomic E-state index is -2.43. The number of aliphatic hydroxyl groups is 1. The molecule has 2 aliphatic heterocycles. The molecule has 0 aromatic carbocycles. The van der Waals surface area contributed by atoms with Gasteiger partial charge in [0.1, 0.15) is 18.0 Å². The standard InChI is InChI=1S/C18H21FN4O5/c1-3-18(19)14(28-12-6-4-5-7-26-12)11(8-24)27-17(18)23-9-20-13-15(23)21-10(2)22-16(13)25/h1,9,11-12,14,17,24H,4-8H2,2H3,(H,21,22,25)/t11-,12?,14+,17-,18-/m1/s1. The molecule has 4 heterocycles. The largest absolute Gasteiger partial charge is 0.394 e. The number of halogens is 1. The van der Waals surface area contributed by atoms with E-state index in [1.165, 1.54) is 10.9 Å². The Bertz CT molecular complexity index is 963. The average Bonchev–Trinajstić information content (AvgIpc) is 3.22. The van der Waals surface area contributed by atoms with E-state index in [2.05, 4.69) is 20.9 Å². The van der Waals surface area contributed by atoms with E-state index in [9.17, 15) is 9.90 Å². The van der Waals surface area contributed by atoms with Crippen LogP contribution >= 0.6 is 0 Å². The van der Waals surface area contributed by atoms with Crippen molar-refractivity contribution in [2.24, 2.45) is 0 Å². The number of terminal acetylenes is 1. The molecule has 0 bridgehead atoms. The minimum Gasteiger partial charge on any atom is -0.394 e. The molecule has 5 atom stereocenters. The molecule has 2 fully saturated rings. The Morgan fingerprint density at radius 3 is 3.07 bits per heavy atom. The molecule has 0 saturated carbocycles. The zero-order chi connectivity index (χ0) is 19.9. The lowest BCUT2D eigenvalue weighted by Crippen LogP contribution is -2.46. The molecule has 28 heavy (non-hydrogen) atoms. The monoisotopic (exact) mass is 392 g/mol. The number of imidazole rings is 1. The summed E-state index contributed by atoms with van der Waals surface area (Å²) in [5.74, 6) is 2.47. The lowest BCUT2D eigenvalue weighted by molar-refractivity contribution is -0.211. The third-order valence-corrected chi connectivity index (χ3v) is 5.06. The van der Waals surface area contributed by atoms with Crippen LogP contribution in [0, 0.1) is 19.3 Å². The van der Waals surface area contributed by atoms with Gasteiger partial charge >= 0.3 is 0 Å². The van der Waals surface area contributed by atoms with E-state index in [1.54, 1.807) is 6.92 Å². The maximum absolute atomic E-state index is 16.0. The van der Waals surface area contributed by atoms with E-state index in [-0.39, 0.29) is 11.2 Å². The molecule has 2 aromatic rings. The molecule has 2 aliphatic rings. The Hall–Kier alpha value is -2.32. The number of aromatic nitrogens is 4. The van der Waals surface area contributed by atoms with Gasteiger partial charge in [-0.3, -0.25) is 9.36 Å². The predicted molar refractivity (Wildman–Crippen MR) is 95.0 cm³/mol. The number of nitrogens with one attached hydrogen (secondary N) is 1. The summed E-state index contributed by atoms with van der Waals surface area (Å²) >= 11 is 0. The van der Waals surface area contributed by atoms with Crippen molar-refractivity contribution >= 4 is 11.2 Å². The number of hydrogen-bond acceptors (Lipinski definition) is 7. The van der Waals surface area contributed by atoms with Crippen LogP contribution in [-0.4, -0.2) is 62.0 Å². The minimum absolute atomic E-state index is 0.0362. The van der Waals surface area contributed by atoms with Crippen molar-refractivity contribution in [2.75, 3.05) is 13.2 Å². The van der Waals surface area contributed by atoms with Gasteiger partial charge in [0, 0.05) is 6.61 Å². The highest BCUT2D eigenvalue weighted by Crippen LogP contribution is 2.44. The molecule has 150 valence electrons. The molecule has 0 aliphatic carbocycles. The van der Waals surface area contributed by atoms with Crippen molar-refractivity contribution in [3.8, 4) is 12.3 Å². The molecular formula is C18H21FN4O5. The summed E-state index contributed by atoms with van der Waals surface area (Å²) in [6.45, 7) is 1.61. The normalized spacial score (nSPS) is 33.2. The maximum Gasteiger partial charge on any atom is 0.279 e. The van der Waals surface area contributed by atoms with Crippen LogP contribution in [0.25, 0.3) is 11.2 Å². The summed E-state index contributed by atoms with van der Waals surface area (Å²) in [7, 11) is 0. The van der Waals surface area contributed by atoms with Crippen LogP contribution < -0.4 is 5.56 Å². The topological polar surface area (TPSA) is 111 Å². The summed E-state index contributed by atoms with van der Waals surface area (Å²) in [5.41, 5.74) is -2.71. The Balaban J connectivity index is 1.73. The van der Waals surface area contributed by atoms with E-state index in [4.69, 9.17) is 20.6 Å². The van der Waals surface area contributed by atoms with Crippen molar-refractivity contribution in [3.63, 3.8) is 0 Å². The molecule has 1 unspecified atom stereocenters. The van der Waals surface area contributed by atoms with Crippen LogP contribution in [0.3, 0.4) is 0 Å². The lowest BCUT2D eigenvalue weighted by Gasteiger charge is -2.31. The first kappa shape index (κ1) is 19.0. The number of fused-ring (bicyclic) bond motifs is 1. The van der Waals surface area contributed by atoms with Gasteiger partial charge in [0.15, 0.2) is 23.7 Å². The molecule has 10 heteroatoms. The third kappa shape index (κ3) is 3.00. The molecule has 0 amide bonds. The van der Waals surface area contributed by atoms with Gasteiger partial charge in [-0.2, -0.15) is 0 Å². The third-order valence-electron chi connectivity index (χ3n) is 5.06. The smallest absolute Gasteiger partial charge is 0.279 e. The van der Waals surface area contributed by atoms with E-state index in [0.29, 0.717) is 18.9 Å². The van der Waals surface area contributed by atoms with Crippen LogP contribution in [0.5, 0.6) is 0 Å². The Morgan fingerprint density at radius 2 is 2.39 bits per heavy atom. The second-order valence-corrected chi connectivity index (χ2v) is 6.95. The number of rotatable bonds is 4. The quantitative estimate of drug-likeness (QED) is 0.732. The van der Waals surface area contributed by atoms with Crippen molar-refractivity contribution < 1.29 is 23.7 Å². The number of alkyl halides is 1. The van der Waals surface area contributed by atoms with Gasteiger partial charge in [0.2, 0.25) is 5.67 Å². The van der Waals surface area contributed by atoms with Crippen molar-refractivity contribution in [3.05, 3.63) is 22.5 Å². The van der Waals surface area contributed by atoms with Gasteiger partial charge in [0.25, 0.3) is 5.56 Å². The number of aliphatic hydroxyl groups excluding tert-OH is 1. The summed E-state index contributed by atoms with van der Waals surface area (Å²) in [6, 6.07) is 0. The highest BCUT2D eigenvalue weighted by atomic mass is 19.1. The summed E-state index contributed by atoms with van der Waals surface area (Å²) in [6.07, 6.45) is 4.93. The first-order valence-corrected chi connectivity index (χ1v) is 9.11. The number of hydrogen-bond donors (Lipinski definition) is 2. The number of aromatic amines is 1. The fourth-order valence-corrected chi connectivity index (χ4v) is 3.68. The highest BCUT2D eigenvalue weighted by Gasteiger charge is 2.59. The first-order chi connectivity index (χ1) is 13.5. The van der Waals surface area contributed by atoms with Crippen molar-refractivity contribution in [1.29, 1.82) is 0 Å². The van der Waals surface area contributed by atoms with E-state index >= 15 is 4.39 Å². The Morgan fingerprint density at radius 1 is 1.57 bits per heavy atom. The fraction of sp³-hybridized carbons (Fsp3) is 0.611. The van der Waals surface area contributed by atoms with Gasteiger partial charge in [-0.05, 0) is 26.2 Å². The number of H-pyrrole nitrogens is 1. The van der Waals surface area contributed by atoms with Crippen LogP contribution in [0.1, 0.15) is 31.3 Å². The van der Waals surface area contributed by atoms with Crippen LogP contribution in [0.15, 0.2) is 11.1 Å². The number of nitrogens with zero attached hydrogens (tertiary/aromatic N) is 3. The summed E-state index contributed by atoms with van der Waals surface area (Å²) < 4.78 is 34.4. The molecule has 0 spiro atoms. The molecule has 9 nitrogen and oxygen atoms in total. The SMILES string of the molecule is C#C[C@@]1(F)[C@@H](OC2CCCCO2)[C@@H](CO)O[C@H]1n1cnc2c(=O)[nH]c(C)nc21. The molecule has 0 radical (unpaired) electrons. The van der Waals surface area contributed by atoms with Crippen LogP contribution in [0.2, 0.25) is 0 Å². The Kier molecular flexibility index (Phi) is 4.93. The van der Waals surface area contributed by atoms with Gasteiger partial charge in [-0.1, -0.05) is 5.92 Å². The Labute approximate surface area is 159 Å². The first-order valence-electron chi connectivity index (χ1n) is 9.11. The molecule has 2 N–H and O–H groups in total. The number of ether oxygens (including phenoxy) is 3. The van der Waals surface area contributed by atoms with E-state index < -0.39 is 42.6 Å². The van der Waals surface area contributed by atoms with Crippen LogP contribution in [-0.2, 0) is 14.2 Å². The molecule has 2 aromatic heterocycles. The highest BCUT2D eigenvalue weighted by molar-refractivity contribution is 5.69. The van der Waals surface area contributed by atoms with Crippen molar-refractivity contribution in [1.82, 2.24) is 19.5 Å². The summed E-state index contributed by atoms with van der Waals surface area (Å²) in [4.78, 5) is 22.9. The second kappa shape index (κ2) is 7.25. The molecular weight excluding hydrogens is 371 g/mol. The second-order valence-electron chi connectivity index (χ2n) is 6.95. The molecule has 4 rings (SSSR count). The van der Waals surface area contributed by atoms with Crippen molar-refractivity contribution in [2.45, 2.75) is 56.6 Å². The zero-order valence-corrected chi connectivity index (χ0v) is 15.3. The van der Waals surface area contributed by atoms with Gasteiger partial charge in [0.05, 0.1) is 12.9 Å². The average molecular weight is 392 g/mol. The van der Waals surface area contributed by atoms with Gasteiger partial charge in [-0.15, -0.1) is 6.42 Å². The fourth-order valence-electron chi connectivity index (χ4n) is 3.68. The van der Waals surface area contributed by atoms with Crippen LogP contribution in [0.4, 0.5) is 4.39 Å².